The second kappa shape index (κ2) is 7.95. The highest BCUT2D eigenvalue weighted by atomic mass is 16.5. The fraction of sp³-hybridized carbons (Fsp3) is 0.632. The first-order valence-electron chi connectivity index (χ1n) is 9.29. The molecule has 1 N–H and O–H groups in total. The number of piperidine rings is 1. The van der Waals surface area contributed by atoms with E-state index in [0.717, 1.165) is 31.0 Å². The van der Waals surface area contributed by atoms with Crippen molar-refractivity contribution in [3.05, 3.63) is 23.0 Å². The van der Waals surface area contributed by atoms with Gasteiger partial charge in [-0.3, -0.25) is 4.79 Å². The number of carbonyl (C=O) groups is 1. The van der Waals surface area contributed by atoms with E-state index in [-0.39, 0.29) is 5.91 Å². The van der Waals surface area contributed by atoms with Gasteiger partial charge in [-0.25, -0.2) is 4.98 Å². The lowest BCUT2D eigenvalue weighted by Crippen LogP contribution is -2.34. The predicted molar refractivity (Wildman–Crippen MR) is 97.7 cm³/mol. The molecule has 2 aromatic heterocycles. The maximum Gasteiger partial charge on any atom is 0.258 e. The molecule has 0 unspecified atom stereocenters. The fourth-order valence-corrected chi connectivity index (χ4v) is 3.44. The van der Waals surface area contributed by atoms with Gasteiger partial charge in [-0.15, -0.1) is 0 Å². The van der Waals surface area contributed by atoms with Crippen LogP contribution < -0.4 is 5.32 Å². The van der Waals surface area contributed by atoms with E-state index in [1.165, 1.54) is 25.9 Å². The van der Waals surface area contributed by atoms with Crippen molar-refractivity contribution in [2.75, 3.05) is 26.2 Å². The molecule has 0 radical (unpaired) electrons. The van der Waals surface area contributed by atoms with Crippen molar-refractivity contribution in [1.29, 1.82) is 0 Å². The molecular weight excluding hydrogens is 316 g/mol. The van der Waals surface area contributed by atoms with E-state index in [0.29, 0.717) is 28.9 Å². The van der Waals surface area contributed by atoms with Crippen LogP contribution in [-0.2, 0) is 0 Å². The summed E-state index contributed by atoms with van der Waals surface area (Å²) < 4.78 is 5.19. The standard InChI is InChI=1S/C19H28N4O2/c1-13-6-10-23(11-7-13)9-5-4-8-20-18(24)16-12-14(2)21-19-17(16)15(3)22-25-19/h12-13H,4-11H2,1-3H3,(H,20,24). The number of aryl methyl sites for hydroxylation is 2. The van der Waals surface area contributed by atoms with Gasteiger partial charge in [0.05, 0.1) is 16.6 Å². The highest BCUT2D eigenvalue weighted by molar-refractivity contribution is 6.05. The molecule has 1 amide bonds. The molecule has 3 rings (SSSR count). The Morgan fingerprint density at radius 3 is 2.84 bits per heavy atom. The van der Waals surface area contributed by atoms with Gasteiger partial charge in [-0.2, -0.15) is 0 Å². The number of carbonyl (C=O) groups excluding carboxylic acids is 1. The maximum atomic E-state index is 12.5. The third-order valence-corrected chi connectivity index (χ3v) is 5.05. The number of hydrogen-bond donors (Lipinski definition) is 1. The quantitative estimate of drug-likeness (QED) is 0.816. The Morgan fingerprint density at radius 1 is 1.32 bits per heavy atom. The van der Waals surface area contributed by atoms with Crippen LogP contribution in [0.1, 0.15) is 54.4 Å². The van der Waals surface area contributed by atoms with Gasteiger partial charge in [0.15, 0.2) is 0 Å². The molecule has 0 bridgehead atoms. The van der Waals surface area contributed by atoms with Gasteiger partial charge in [0, 0.05) is 12.2 Å². The summed E-state index contributed by atoms with van der Waals surface area (Å²) in [5.41, 5.74) is 2.49. The van der Waals surface area contributed by atoms with Crippen LogP contribution >= 0.6 is 0 Å². The third-order valence-electron chi connectivity index (χ3n) is 5.05. The second-order valence-electron chi connectivity index (χ2n) is 7.25. The molecule has 3 heterocycles. The molecule has 1 fully saturated rings. The molecule has 0 aliphatic carbocycles. The smallest absolute Gasteiger partial charge is 0.258 e. The Morgan fingerprint density at radius 2 is 2.08 bits per heavy atom. The molecule has 0 atom stereocenters. The van der Waals surface area contributed by atoms with E-state index < -0.39 is 0 Å². The summed E-state index contributed by atoms with van der Waals surface area (Å²) >= 11 is 0. The van der Waals surface area contributed by atoms with Crippen molar-refractivity contribution in [1.82, 2.24) is 20.4 Å². The number of hydrogen-bond acceptors (Lipinski definition) is 5. The fourth-order valence-electron chi connectivity index (χ4n) is 3.44. The van der Waals surface area contributed by atoms with Crippen LogP contribution in [0.15, 0.2) is 10.6 Å². The summed E-state index contributed by atoms with van der Waals surface area (Å²) in [6.45, 7) is 10.3. The largest absolute Gasteiger partial charge is 0.352 e. The van der Waals surface area contributed by atoms with Gasteiger partial charge < -0.3 is 14.7 Å². The zero-order valence-electron chi connectivity index (χ0n) is 15.5. The Balaban J connectivity index is 1.48. The molecule has 0 spiro atoms. The lowest BCUT2D eigenvalue weighted by atomic mass is 9.99. The second-order valence-corrected chi connectivity index (χ2v) is 7.25. The zero-order valence-corrected chi connectivity index (χ0v) is 15.5. The molecule has 25 heavy (non-hydrogen) atoms. The Hall–Kier alpha value is -1.95. The SMILES string of the molecule is Cc1cc(C(=O)NCCCCN2CCC(C)CC2)c2c(C)noc2n1. The van der Waals surface area contributed by atoms with Crippen molar-refractivity contribution in [2.24, 2.45) is 5.92 Å². The van der Waals surface area contributed by atoms with Crippen LogP contribution in [0.25, 0.3) is 11.1 Å². The van der Waals surface area contributed by atoms with Crippen LogP contribution in [0.5, 0.6) is 0 Å². The first-order chi connectivity index (χ1) is 12.0. The summed E-state index contributed by atoms with van der Waals surface area (Å²) in [4.78, 5) is 19.4. The summed E-state index contributed by atoms with van der Waals surface area (Å²) in [7, 11) is 0. The zero-order chi connectivity index (χ0) is 17.8. The number of fused-ring (bicyclic) bond motifs is 1. The van der Waals surface area contributed by atoms with Crippen LogP contribution in [-0.4, -0.2) is 47.1 Å². The number of rotatable bonds is 6. The number of likely N-dealkylation sites (tertiary alicyclic amines) is 1. The highest BCUT2D eigenvalue weighted by Crippen LogP contribution is 2.21. The van der Waals surface area contributed by atoms with Crippen molar-refractivity contribution in [3.63, 3.8) is 0 Å². The van der Waals surface area contributed by atoms with E-state index in [1.807, 2.05) is 13.8 Å². The lowest BCUT2D eigenvalue weighted by Gasteiger charge is -2.30. The molecule has 1 aliphatic rings. The van der Waals surface area contributed by atoms with Gasteiger partial charge >= 0.3 is 0 Å². The minimum atomic E-state index is -0.0754. The van der Waals surface area contributed by atoms with E-state index in [2.05, 4.69) is 27.3 Å². The summed E-state index contributed by atoms with van der Waals surface area (Å²) in [5, 5.41) is 7.66. The van der Waals surface area contributed by atoms with Crippen molar-refractivity contribution < 1.29 is 9.32 Å². The maximum absolute atomic E-state index is 12.5. The minimum absolute atomic E-state index is 0.0754. The lowest BCUT2D eigenvalue weighted by molar-refractivity contribution is 0.0953. The van der Waals surface area contributed by atoms with Gasteiger partial charge in [0.2, 0.25) is 0 Å². The predicted octanol–water partition coefficient (Wildman–Crippen LogP) is 3.08. The Kier molecular flexibility index (Phi) is 5.68. The number of unbranched alkanes of at least 4 members (excludes halogenated alkanes) is 1. The van der Waals surface area contributed by atoms with E-state index >= 15 is 0 Å². The Bertz CT molecular complexity index is 732. The van der Waals surface area contributed by atoms with Crippen molar-refractivity contribution in [3.8, 4) is 0 Å². The van der Waals surface area contributed by atoms with Gasteiger partial charge in [0.1, 0.15) is 0 Å². The number of pyridine rings is 1. The number of amides is 1. The average molecular weight is 344 g/mol. The molecule has 136 valence electrons. The molecule has 6 heteroatoms. The van der Waals surface area contributed by atoms with Crippen LogP contribution in [0, 0.1) is 19.8 Å². The molecule has 6 nitrogen and oxygen atoms in total. The van der Waals surface area contributed by atoms with E-state index in [4.69, 9.17) is 4.52 Å². The van der Waals surface area contributed by atoms with Gasteiger partial charge in [-0.05, 0) is 71.1 Å². The number of nitrogens with zero attached hydrogens (tertiary/aromatic N) is 3. The summed E-state index contributed by atoms with van der Waals surface area (Å²) in [6.07, 6.45) is 4.73. The number of nitrogens with one attached hydrogen (secondary N) is 1. The van der Waals surface area contributed by atoms with Crippen molar-refractivity contribution >= 4 is 17.0 Å². The third kappa shape index (κ3) is 4.37. The van der Waals surface area contributed by atoms with Crippen molar-refractivity contribution in [2.45, 2.75) is 46.5 Å². The average Bonchev–Trinajstić information content (AvgIpc) is 2.96. The number of aromatic nitrogens is 2. The summed E-state index contributed by atoms with van der Waals surface area (Å²) in [6, 6.07) is 1.80. The van der Waals surface area contributed by atoms with Gasteiger partial charge in [-0.1, -0.05) is 12.1 Å². The van der Waals surface area contributed by atoms with E-state index in [1.54, 1.807) is 6.07 Å². The monoisotopic (exact) mass is 344 g/mol. The Labute approximate surface area is 149 Å². The molecule has 1 aliphatic heterocycles. The molecule has 0 saturated carbocycles. The summed E-state index contributed by atoms with van der Waals surface area (Å²) in [5.74, 6) is 0.797. The first-order valence-corrected chi connectivity index (χ1v) is 9.29. The van der Waals surface area contributed by atoms with E-state index in [9.17, 15) is 4.79 Å². The highest BCUT2D eigenvalue weighted by Gasteiger charge is 2.18. The molecule has 0 aromatic carbocycles. The topological polar surface area (TPSA) is 71.3 Å². The van der Waals surface area contributed by atoms with Gasteiger partial charge in [0.25, 0.3) is 11.6 Å². The van der Waals surface area contributed by atoms with Crippen LogP contribution in [0.4, 0.5) is 0 Å². The minimum Gasteiger partial charge on any atom is -0.352 e. The molecule has 2 aromatic rings. The van der Waals surface area contributed by atoms with Crippen LogP contribution in [0.2, 0.25) is 0 Å². The molecule has 1 saturated heterocycles. The first kappa shape index (κ1) is 17.9. The molecular formula is C19H28N4O2. The normalized spacial score (nSPS) is 16.4. The van der Waals surface area contributed by atoms with Crippen LogP contribution in [0.3, 0.4) is 0 Å².